The minimum absolute atomic E-state index is 0.741. The van der Waals surface area contributed by atoms with E-state index in [1.807, 2.05) is 0 Å². The van der Waals surface area contributed by atoms with Gasteiger partial charge in [0.2, 0.25) is 0 Å². The summed E-state index contributed by atoms with van der Waals surface area (Å²) < 4.78 is 5.64. The molecule has 0 aromatic rings. The SMILES string of the molecule is C(CNCC1NCC2CCCC21)COCC1CC1. The predicted octanol–water partition coefficient (Wildman–Crippen LogP) is 1.78. The van der Waals surface area contributed by atoms with E-state index in [1.165, 1.54) is 38.6 Å². The zero-order valence-electron chi connectivity index (χ0n) is 11.5. The Hall–Kier alpha value is -0.120. The van der Waals surface area contributed by atoms with Crippen molar-refractivity contribution in [1.29, 1.82) is 0 Å². The largest absolute Gasteiger partial charge is 0.381 e. The fraction of sp³-hybridized carbons (Fsp3) is 1.00. The summed E-state index contributed by atoms with van der Waals surface area (Å²) in [6.07, 6.45) is 8.33. The second-order valence-corrected chi connectivity index (χ2v) is 6.45. The van der Waals surface area contributed by atoms with E-state index < -0.39 is 0 Å². The molecule has 3 aliphatic rings. The fourth-order valence-electron chi connectivity index (χ4n) is 3.62. The summed E-state index contributed by atoms with van der Waals surface area (Å²) in [6.45, 7) is 5.48. The van der Waals surface area contributed by atoms with Crippen molar-refractivity contribution >= 4 is 0 Å². The summed E-state index contributed by atoms with van der Waals surface area (Å²) in [5.41, 5.74) is 0. The lowest BCUT2D eigenvalue weighted by atomic mass is 9.94. The van der Waals surface area contributed by atoms with Crippen LogP contribution in [0.15, 0.2) is 0 Å². The van der Waals surface area contributed by atoms with Crippen molar-refractivity contribution in [3.8, 4) is 0 Å². The molecule has 0 spiro atoms. The van der Waals surface area contributed by atoms with Crippen molar-refractivity contribution in [2.24, 2.45) is 17.8 Å². The Balaban J connectivity index is 1.19. The van der Waals surface area contributed by atoms with Crippen LogP contribution in [0.4, 0.5) is 0 Å². The molecular weight excluding hydrogens is 224 g/mol. The van der Waals surface area contributed by atoms with Gasteiger partial charge in [-0.25, -0.2) is 0 Å². The third-order valence-corrected chi connectivity index (χ3v) is 4.93. The molecule has 1 aliphatic heterocycles. The molecule has 2 saturated carbocycles. The molecule has 0 aromatic heterocycles. The van der Waals surface area contributed by atoms with E-state index in [0.717, 1.165) is 56.5 Å². The average Bonchev–Trinajstić information content (AvgIpc) is 2.94. The Bertz CT molecular complexity index is 255. The first-order valence-electron chi connectivity index (χ1n) is 7.95. The van der Waals surface area contributed by atoms with E-state index in [-0.39, 0.29) is 0 Å². The van der Waals surface area contributed by atoms with Crippen molar-refractivity contribution in [3.05, 3.63) is 0 Å². The summed E-state index contributed by atoms with van der Waals surface area (Å²) in [5.74, 6) is 2.85. The van der Waals surface area contributed by atoms with Gasteiger partial charge in [0, 0.05) is 25.8 Å². The standard InChI is InChI=1S/C15H28N2O/c1-3-13-9-17-15(14(13)4-1)10-16-7-2-8-18-11-12-5-6-12/h12-17H,1-11H2. The van der Waals surface area contributed by atoms with Crippen LogP contribution < -0.4 is 10.6 Å². The quantitative estimate of drug-likeness (QED) is 0.646. The van der Waals surface area contributed by atoms with Gasteiger partial charge in [-0.1, -0.05) is 6.42 Å². The predicted molar refractivity (Wildman–Crippen MR) is 73.7 cm³/mol. The monoisotopic (exact) mass is 252 g/mol. The molecule has 3 nitrogen and oxygen atoms in total. The number of rotatable bonds is 8. The van der Waals surface area contributed by atoms with Crippen LogP contribution in [0.3, 0.4) is 0 Å². The first-order chi connectivity index (χ1) is 8.93. The minimum atomic E-state index is 0.741. The first kappa shape index (κ1) is 12.9. The maximum Gasteiger partial charge on any atom is 0.0494 e. The molecule has 18 heavy (non-hydrogen) atoms. The van der Waals surface area contributed by atoms with Crippen LogP contribution in [-0.2, 0) is 4.74 Å². The topological polar surface area (TPSA) is 33.3 Å². The van der Waals surface area contributed by atoms with Gasteiger partial charge in [-0.3, -0.25) is 0 Å². The van der Waals surface area contributed by atoms with E-state index >= 15 is 0 Å². The number of hydrogen-bond acceptors (Lipinski definition) is 3. The Morgan fingerprint density at radius 1 is 1.17 bits per heavy atom. The number of ether oxygens (including phenoxy) is 1. The van der Waals surface area contributed by atoms with Crippen LogP contribution in [0.2, 0.25) is 0 Å². The molecule has 104 valence electrons. The molecule has 3 unspecified atom stereocenters. The van der Waals surface area contributed by atoms with Crippen molar-refractivity contribution < 1.29 is 4.74 Å². The Morgan fingerprint density at radius 3 is 3.00 bits per heavy atom. The molecule has 2 aliphatic carbocycles. The minimum Gasteiger partial charge on any atom is -0.381 e. The Kier molecular flexibility index (Phi) is 4.55. The third kappa shape index (κ3) is 3.46. The highest BCUT2D eigenvalue weighted by Gasteiger charge is 2.38. The summed E-state index contributed by atoms with van der Waals surface area (Å²) in [4.78, 5) is 0. The van der Waals surface area contributed by atoms with Crippen molar-refractivity contribution in [3.63, 3.8) is 0 Å². The van der Waals surface area contributed by atoms with Crippen LogP contribution in [0.1, 0.15) is 38.5 Å². The van der Waals surface area contributed by atoms with E-state index in [4.69, 9.17) is 4.74 Å². The van der Waals surface area contributed by atoms with Gasteiger partial charge in [0.15, 0.2) is 0 Å². The Morgan fingerprint density at radius 2 is 2.11 bits per heavy atom. The molecule has 1 saturated heterocycles. The lowest BCUT2D eigenvalue weighted by Gasteiger charge is -2.18. The molecule has 3 heteroatoms. The lowest BCUT2D eigenvalue weighted by Crippen LogP contribution is -2.38. The highest BCUT2D eigenvalue weighted by Crippen LogP contribution is 2.37. The third-order valence-electron chi connectivity index (χ3n) is 4.93. The van der Waals surface area contributed by atoms with Crippen LogP contribution in [0.25, 0.3) is 0 Å². The molecule has 3 rings (SSSR count). The van der Waals surface area contributed by atoms with E-state index in [1.54, 1.807) is 0 Å². The maximum absolute atomic E-state index is 5.64. The van der Waals surface area contributed by atoms with Crippen molar-refractivity contribution in [2.75, 3.05) is 32.8 Å². The average molecular weight is 252 g/mol. The van der Waals surface area contributed by atoms with Gasteiger partial charge in [0.25, 0.3) is 0 Å². The van der Waals surface area contributed by atoms with Gasteiger partial charge in [0.05, 0.1) is 0 Å². The summed E-state index contributed by atoms with van der Waals surface area (Å²) in [7, 11) is 0. The highest BCUT2D eigenvalue weighted by molar-refractivity contribution is 4.94. The Labute approximate surface area is 111 Å². The fourth-order valence-corrected chi connectivity index (χ4v) is 3.62. The smallest absolute Gasteiger partial charge is 0.0494 e. The molecule has 3 atom stereocenters. The van der Waals surface area contributed by atoms with E-state index in [2.05, 4.69) is 10.6 Å². The number of fused-ring (bicyclic) bond motifs is 1. The molecule has 0 aromatic carbocycles. The summed E-state index contributed by atoms with van der Waals surface area (Å²) >= 11 is 0. The molecule has 2 N–H and O–H groups in total. The highest BCUT2D eigenvalue weighted by atomic mass is 16.5. The summed E-state index contributed by atoms with van der Waals surface area (Å²) in [6, 6.07) is 0.741. The van der Waals surface area contributed by atoms with Gasteiger partial charge in [0.1, 0.15) is 0 Å². The van der Waals surface area contributed by atoms with Crippen LogP contribution in [0, 0.1) is 17.8 Å². The van der Waals surface area contributed by atoms with Crippen molar-refractivity contribution in [1.82, 2.24) is 10.6 Å². The normalized spacial score (nSPS) is 35.0. The zero-order valence-corrected chi connectivity index (χ0v) is 11.5. The molecule has 0 amide bonds. The molecular formula is C15H28N2O. The van der Waals surface area contributed by atoms with Crippen LogP contribution >= 0.6 is 0 Å². The molecule has 3 fully saturated rings. The van der Waals surface area contributed by atoms with Crippen LogP contribution in [0.5, 0.6) is 0 Å². The second-order valence-electron chi connectivity index (χ2n) is 6.45. The maximum atomic E-state index is 5.64. The first-order valence-corrected chi connectivity index (χ1v) is 7.95. The van der Waals surface area contributed by atoms with E-state index in [9.17, 15) is 0 Å². The van der Waals surface area contributed by atoms with Gasteiger partial charge in [-0.05, 0) is 62.9 Å². The molecule has 1 heterocycles. The van der Waals surface area contributed by atoms with Gasteiger partial charge >= 0.3 is 0 Å². The van der Waals surface area contributed by atoms with Crippen molar-refractivity contribution in [2.45, 2.75) is 44.6 Å². The number of nitrogens with one attached hydrogen (secondary N) is 2. The lowest BCUT2D eigenvalue weighted by molar-refractivity contribution is 0.122. The number of hydrogen-bond donors (Lipinski definition) is 2. The van der Waals surface area contributed by atoms with Gasteiger partial charge in [-0.15, -0.1) is 0 Å². The molecule has 0 radical (unpaired) electrons. The van der Waals surface area contributed by atoms with E-state index in [0.29, 0.717) is 0 Å². The van der Waals surface area contributed by atoms with Crippen LogP contribution in [-0.4, -0.2) is 38.9 Å². The zero-order chi connectivity index (χ0) is 12.2. The van der Waals surface area contributed by atoms with Gasteiger partial charge in [-0.2, -0.15) is 0 Å². The second kappa shape index (κ2) is 6.36. The van der Waals surface area contributed by atoms with Gasteiger partial charge < -0.3 is 15.4 Å². The molecule has 0 bridgehead atoms. The summed E-state index contributed by atoms with van der Waals surface area (Å²) in [5, 5.41) is 7.29.